The van der Waals surface area contributed by atoms with Gasteiger partial charge in [-0.25, -0.2) is 9.97 Å². The summed E-state index contributed by atoms with van der Waals surface area (Å²) in [5.74, 6) is -0.420. The van der Waals surface area contributed by atoms with E-state index in [-0.39, 0.29) is 13.0 Å². The fourth-order valence-electron chi connectivity index (χ4n) is 3.00. The Morgan fingerprint density at radius 3 is 2.12 bits per heavy atom. The van der Waals surface area contributed by atoms with Gasteiger partial charge in [-0.2, -0.15) is 0 Å². The van der Waals surface area contributed by atoms with Crippen LogP contribution in [-0.2, 0) is 20.8 Å². The maximum atomic E-state index is 12.8. The first-order chi connectivity index (χ1) is 15.4. The predicted molar refractivity (Wildman–Crippen MR) is 116 cm³/mol. The van der Waals surface area contributed by atoms with E-state index in [1.165, 1.54) is 6.92 Å². The molecule has 7 N–H and O–H groups in total. The Kier molecular flexibility index (Phi) is 7.70. The molecular formula is C21H26N8O3. The SMILES string of the molecule is C[C@H](N)C(=O)N[C@@H](Cc1ccccc1)C(=O)NCC(=O)NC(c1ncc[nH]1)c1ncc[nH]1. The van der Waals surface area contributed by atoms with E-state index in [9.17, 15) is 14.4 Å². The van der Waals surface area contributed by atoms with Crippen LogP contribution in [-0.4, -0.2) is 56.3 Å². The fourth-order valence-corrected chi connectivity index (χ4v) is 3.00. The lowest BCUT2D eigenvalue weighted by Crippen LogP contribution is -2.53. The normalized spacial score (nSPS) is 12.7. The van der Waals surface area contributed by atoms with E-state index >= 15 is 0 Å². The molecule has 2 aromatic heterocycles. The summed E-state index contributed by atoms with van der Waals surface area (Å²) in [5, 5.41) is 7.99. The van der Waals surface area contributed by atoms with Crippen LogP contribution in [0.25, 0.3) is 0 Å². The highest BCUT2D eigenvalue weighted by atomic mass is 16.2. The number of hydrogen-bond acceptors (Lipinski definition) is 6. The Balaban J connectivity index is 1.62. The third kappa shape index (κ3) is 6.25. The first-order valence-corrected chi connectivity index (χ1v) is 10.1. The Labute approximate surface area is 184 Å². The molecule has 0 aliphatic heterocycles. The fraction of sp³-hybridized carbons (Fsp3) is 0.286. The van der Waals surface area contributed by atoms with Gasteiger partial charge < -0.3 is 31.7 Å². The number of aromatic amines is 2. The van der Waals surface area contributed by atoms with Gasteiger partial charge in [0.15, 0.2) is 0 Å². The van der Waals surface area contributed by atoms with Gasteiger partial charge in [0.1, 0.15) is 23.7 Å². The van der Waals surface area contributed by atoms with E-state index < -0.39 is 35.8 Å². The molecule has 0 fully saturated rings. The zero-order valence-electron chi connectivity index (χ0n) is 17.5. The number of hydrogen-bond donors (Lipinski definition) is 6. The molecule has 0 radical (unpaired) electrons. The van der Waals surface area contributed by atoms with E-state index in [0.29, 0.717) is 11.6 Å². The number of rotatable bonds is 10. The van der Waals surface area contributed by atoms with Gasteiger partial charge >= 0.3 is 0 Å². The number of H-pyrrole nitrogens is 2. The third-order valence-electron chi connectivity index (χ3n) is 4.64. The molecule has 32 heavy (non-hydrogen) atoms. The maximum absolute atomic E-state index is 12.8. The van der Waals surface area contributed by atoms with Crippen molar-refractivity contribution in [3.8, 4) is 0 Å². The average Bonchev–Trinajstić information content (AvgIpc) is 3.50. The molecule has 0 aliphatic rings. The van der Waals surface area contributed by atoms with Gasteiger partial charge in [0.05, 0.1) is 12.6 Å². The summed E-state index contributed by atoms with van der Waals surface area (Å²) in [5.41, 5.74) is 6.48. The number of nitrogens with one attached hydrogen (secondary N) is 5. The minimum atomic E-state index is -0.880. The second kappa shape index (κ2) is 10.9. The highest BCUT2D eigenvalue weighted by Crippen LogP contribution is 2.14. The molecule has 3 aromatic rings. The van der Waals surface area contributed by atoms with Crippen LogP contribution in [0.4, 0.5) is 0 Å². The van der Waals surface area contributed by atoms with Crippen LogP contribution in [0.1, 0.15) is 30.2 Å². The average molecular weight is 438 g/mol. The van der Waals surface area contributed by atoms with Crippen LogP contribution in [0, 0.1) is 0 Å². The van der Waals surface area contributed by atoms with Crippen LogP contribution in [0.15, 0.2) is 55.1 Å². The lowest BCUT2D eigenvalue weighted by Gasteiger charge is -2.20. The number of nitrogens with zero attached hydrogens (tertiary/aromatic N) is 2. The van der Waals surface area contributed by atoms with Gasteiger partial charge in [-0.15, -0.1) is 0 Å². The van der Waals surface area contributed by atoms with Crippen LogP contribution < -0.4 is 21.7 Å². The first kappa shape index (κ1) is 22.7. The summed E-state index contributed by atoms with van der Waals surface area (Å²) < 4.78 is 0. The Hall–Kier alpha value is -3.99. The summed E-state index contributed by atoms with van der Waals surface area (Å²) in [6.07, 6.45) is 6.65. The molecule has 3 rings (SSSR count). The van der Waals surface area contributed by atoms with E-state index in [2.05, 4.69) is 35.9 Å². The van der Waals surface area contributed by atoms with E-state index in [1.807, 2.05) is 30.3 Å². The van der Waals surface area contributed by atoms with Crippen molar-refractivity contribution in [3.63, 3.8) is 0 Å². The van der Waals surface area contributed by atoms with Gasteiger partial charge in [0.25, 0.3) is 0 Å². The highest BCUT2D eigenvalue weighted by molar-refractivity contribution is 5.92. The van der Waals surface area contributed by atoms with Gasteiger partial charge in [-0.1, -0.05) is 30.3 Å². The third-order valence-corrected chi connectivity index (χ3v) is 4.64. The zero-order chi connectivity index (χ0) is 22.9. The van der Waals surface area contributed by atoms with Crippen molar-refractivity contribution in [1.29, 1.82) is 0 Å². The number of carbonyl (C=O) groups excluding carboxylic acids is 3. The van der Waals surface area contributed by atoms with Crippen molar-refractivity contribution < 1.29 is 14.4 Å². The van der Waals surface area contributed by atoms with Crippen molar-refractivity contribution in [2.45, 2.75) is 31.5 Å². The van der Waals surface area contributed by atoms with E-state index in [0.717, 1.165) is 5.56 Å². The molecule has 0 bridgehead atoms. The molecule has 0 aliphatic carbocycles. The second-order valence-electron chi connectivity index (χ2n) is 7.21. The summed E-state index contributed by atoms with van der Waals surface area (Å²) >= 11 is 0. The molecule has 11 nitrogen and oxygen atoms in total. The number of amides is 3. The van der Waals surface area contributed by atoms with Crippen molar-refractivity contribution in [3.05, 3.63) is 72.3 Å². The molecular weight excluding hydrogens is 412 g/mol. The number of carbonyl (C=O) groups is 3. The Bertz CT molecular complexity index is 969. The molecule has 0 spiro atoms. The van der Waals surface area contributed by atoms with Crippen molar-refractivity contribution in [2.75, 3.05) is 6.54 Å². The van der Waals surface area contributed by atoms with Gasteiger partial charge in [-0.3, -0.25) is 14.4 Å². The molecule has 2 atom stereocenters. The molecule has 1 aromatic carbocycles. The Morgan fingerprint density at radius 2 is 1.59 bits per heavy atom. The number of benzene rings is 1. The second-order valence-corrected chi connectivity index (χ2v) is 7.21. The maximum Gasteiger partial charge on any atom is 0.243 e. The summed E-state index contributed by atoms with van der Waals surface area (Å²) in [4.78, 5) is 51.6. The molecule has 3 amide bonds. The molecule has 0 saturated heterocycles. The van der Waals surface area contributed by atoms with Crippen molar-refractivity contribution in [2.24, 2.45) is 5.73 Å². The summed E-state index contributed by atoms with van der Waals surface area (Å²) in [6, 6.07) is 6.95. The van der Waals surface area contributed by atoms with Gasteiger partial charge in [-0.05, 0) is 12.5 Å². The van der Waals surface area contributed by atoms with Crippen molar-refractivity contribution in [1.82, 2.24) is 35.9 Å². The van der Waals surface area contributed by atoms with Crippen LogP contribution in [0.3, 0.4) is 0 Å². The minimum absolute atomic E-state index is 0.258. The van der Waals surface area contributed by atoms with E-state index in [1.54, 1.807) is 24.8 Å². The van der Waals surface area contributed by atoms with Crippen LogP contribution in [0.5, 0.6) is 0 Å². The molecule has 2 heterocycles. The quantitative estimate of drug-likeness (QED) is 0.250. The van der Waals surface area contributed by atoms with Crippen LogP contribution in [0.2, 0.25) is 0 Å². The largest absolute Gasteiger partial charge is 0.346 e. The Morgan fingerprint density at radius 1 is 0.969 bits per heavy atom. The van der Waals surface area contributed by atoms with Gasteiger partial charge in [0.2, 0.25) is 17.7 Å². The van der Waals surface area contributed by atoms with Gasteiger partial charge in [0, 0.05) is 31.2 Å². The highest BCUT2D eigenvalue weighted by Gasteiger charge is 2.25. The van der Waals surface area contributed by atoms with E-state index in [4.69, 9.17) is 5.73 Å². The first-order valence-electron chi connectivity index (χ1n) is 10.1. The molecule has 168 valence electrons. The lowest BCUT2D eigenvalue weighted by atomic mass is 10.0. The summed E-state index contributed by atoms with van der Waals surface area (Å²) in [7, 11) is 0. The molecule has 0 unspecified atom stereocenters. The smallest absolute Gasteiger partial charge is 0.243 e. The standard InChI is InChI=1S/C21H26N8O3/c1-13(22)20(31)28-15(11-14-5-3-2-4-6-14)21(32)27-12-16(30)29-17(18-23-7-8-24-18)19-25-9-10-26-19/h2-10,13,15,17H,11-12,22H2,1H3,(H,23,24)(H,25,26)(H,27,32)(H,28,31)(H,29,30)/t13-,15-/m0/s1. The molecule has 0 saturated carbocycles. The monoisotopic (exact) mass is 438 g/mol. The number of nitrogens with two attached hydrogens (primary N) is 1. The lowest BCUT2D eigenvalue weighted by molar-refractivity contribution is -0.130. The topological polar surface area (TPSA) is 171 Å². The minimum Gasteiger partial charge on any atom is -0.346 e. The molecule has 11 heteroatoms. The number of aromatic nitrogens is 4. The van der Waals surface area contributed by atoms with Crippen molar-refractivity contribution >= 4 is 17.7 Å². The summed E-state index contributed by atoms with van der Waals surface area (Å²) in [6.45, 7) is 1.24. The number of imidazole rings is 2. The zero-order valence-corrected chi connectivity index (χ0v) is 17.5. The predicted octanol–water partition coefficient (Wildman–Crippen LogP) is -0.471. The van der Waals surface area contributed by atoms with Crippen LogP contribution >= 0.6 is 0 Å².